The molecule has 0 saturated heterocycles. The van der Waals surface area contributed by atoms with Crippen LogP contribution >= 0.6 is 0 Å². The fourth-order valence-electron chi connectivity index (χ4n) is 2.09. The third kappa shape index (κ3) is 4.10. The average molecular weight is 229 g/mol. The fraction of sp³-hybridized carbons (Fsp3) is 0.917. The Balaban J connectivity index is 2.21. The highest BCUT2D eigenvalue weighted by Crippen LogP contribution is 2.23. The second-order valence-corrected chi connectivity index (χ2v) is 5.00. The molecule has 1 saturated carbocycles. The van der Waals surface area contributed by atoms with Crippen molar-refractivity contribution in [1.29, 1.82) is 0 Å². The van der Waals surface area contributed by atoms with Crippen molar-refractivity contribution in [2.75, 3.05) is 6.54 Å². The Morgan fingerprint density at radius 1 is 1.31 bits per heavy atom. The molecular formula is C12H23NO3. The van der Waals surface area contributed by atoms with Gasteiger partial charge in [-0.05, 0) is 45.1 Å². The molecule has 0 amide bonds. The van der Waals surface area contributed by atoms with Gasteiger partial charge < -0.3 is 15.5 Å². The van der Waals surface area contributed by atoms with Gasteiger partial charge in [0.1, 0.15) is 0 Å². The number of nitrogens with one attached hydrogen (secondary N) is 1. The minimum atomic E-state index is -0.751. The number of aliphatic carboxylic acids is 1. The maximum absolute atomic E-state index is 10.8. The lowest BCUT2D eigenvalue weighted by Crippen LogP contribution is -2.39. The Labute approximate surface area is 97.0 Å². The molecule has 2 atom stereocenters. The van der Waals surface area contributed by atoms with E-state index in [9.17, 15) is 9.90 Å². The molecule has 3 N–H and O–H groups in total. The predicted octanol–water partition coefficient (Wildman–Crippen LogP) is 1.24. The van der Waals surface area contributed by atoms with E-state index >= 15 is 0 Å². The molecule has 0 aromatic heterocycles. The highest BCUT2D eigenvalue weighted by atomic mass is 16.4. The van der Waals surface area contributed by atoms with Crippen LogP contribution in [0, 0.1) is 11.8 Å². The molecule has 0 aromatic rings. The summed E-state index contributed by atoms with van der Waals surface area (Å²) in [6, 6.07) is 0.00403. The molecule has 4 nitrogen and oxygen atoms in total. The van der Waals surface area contributed by atoms with E-state index in [0.29, 0.717) is 5.92 Å². The van der Waals surface area contributed by atoms with Gasteiger partial charge in [0, 0.05) is 6.04 Å². The van der Waals surface area contributed by atoms with Crippen LogP contribution in [0.15, 0.2) is 0 Å². The van der Waals surface area contributed by atoms with Gasteiger partial charge in [0.25, 0.3) is 0 Å². The molecule has 16 heavy (non-hydrogen) atoms. The zero-order valence-corrected chi connectivity index (χ0v) is 10.1. The Morgan fingerprint density at radius 2 is 1.88 bits per heavy atom. The first-order chi connectivity index (χ1) is 7.50. The highest BCUT2D eigenvalue weighted by molar-refractivity contribution is 5.70. The Morgan fingerprint density at radius 3 is 2.38 bits per heavy atom. The Bertz CT molecular complexity index is 224. The van der Waals surface area contributed by atoms with E-state index in [1.165, 1.54) is 0 Å². The molecule has 0 spiro atoms. The molecule has 0 radical (unpaired) electrons. The van der Waals surface area contributed by atoms with Crippen LogP contribution in [0.3, 0.4) is 0 Å². The molecule has 0 aromatic carbocycles. The van der Waals surface area contributed by atoms with E-state index in [1.54, 1.807) is 6.92 Å². The second-order valence-electron chi connectivity index (χ2n) is 5.00. The van der Waals surface area contributed by atoms with Gasteiger partial charge >= 0.3 is 5.97 Å². The number of aliphatic hydroxyl groups excluding tert-OH is 1. The van der Waals surface area contributed by atoms with Crippen LogP contribution in [0.2, 0.25) is 0 Å². The zero-order chi connectivity index (χ0) is 12.1. The van der Waals surface area contributed by atoms with Crippen LogP contribution in [-0.2, 0) is 4.79 Å². The van der Waals surface area contributed by atoms with Gasteiger partial charge in [0.15, 0.2) is 0 Å². The lowest BCUT2D eigenvalue weighted by molar-refractivity contribution is -0.141. The number of hydrogen-bond donors (Lipinski definition) is 3. The third-order valence-corrected chi connectivity index (χ3v) is 3.68. The monoisotopic (exact) mass is 229 g/mol. The van der Waals surface area contributed by atoms with Crippen LogP contribution in [0.1, 0.15) is 39.5 Å². The first-order valence-corrected chi connectivity index (χ1v) is 6.15. The molecular weight excluding hydrogens is 206 g/mol. The summed E-state index contributed by atoms with van der Waals surface area (Å²) < 4.78 is 0. The largest absolute Gasteiger partial charge is 0.481 e. The summed E-state index contributed by atoms with van der Waals surface area (Å²) in [7, 11) is 0. The summed E-state index contributed by atoms with van der Waals surface area (Å²) in [5, 5.41) is 21.5. The van der Waals surface area contributed by atoms with Gasteiger partial charge in [-0.3, -0.25) is 4.79 Å². The van der Waals surface area contributed by atoms with Crippen molar-refractivity contribution in [3.63, 3.8) is 0 Å². The van der Waals surface area contributed by atoms with Gasteiger partial charge in [0.2, 0.25) is 0 Å². The average Bonchev–Trinajstić information content (AvgIpc) is 2.26. The quantitative estimate of drug-likeness (QED) is 0.663. The number of carbonyl (C=O) groups is 1. The first kappa shape index (κ1) is 13.5. The number of rotatable bonds is 5. The summed E-state index contributed by atoms with van der Waals surface area (Å²) in [6.07, 6.45) is 3.74. The zero-order valence-electron chi connectivity index (χ0n) is 10.1. The van der Waals surface area contributed by atoms with Crippen molar-refractivity contribution in [1.82, 2.24) is 5.32 Å². The molecule has 1 aliphatic carbocycles. The van der Waals surface area contributed by atoms with Crippen LogP contribution < -0.4 is 5.32 Å². The highest BCUT2D eigenvalue weighted by Gasteiger charge is 2.22. The van der Waals surface area contributed by atoms with Gasteiger partial charge in [-0.25, -0.2) is 0 Å². The molecule has 94 valence electrons. The lowest BCUT2D eigenvalue weighted by Gasteiger charge is -2.27. The SMILES string of the molecule is CC(NCC1CCC(O)CC1)C(C)C(=O)O. The van der Waals surface area contributed by atoms with Crippen LogP contribution in [0.4, 0.5) is 0 Å². The van der Waals surface area contributed by atoms with E-state index < -0.39 is 5.97 Å². The van der Waals surface area contributed by atoms with Gasteiger partial charge in [0.05, 0.1) is 12.0 Å². The van der Waals surface area contributed by atoms with E-state index in [2.05, 4.69) is 5.32 Å². The van der Waals surface area contributed by atoms with Crippen molar-refractivity contribution in [3.05, 3.63) is 0 Å². The number of carboxylic acids is 1. The predicted molar refractivity (Wildman–Crippen MR) is 62.2 cm³/mol. The molecule has 1 aliphatic rings. The molecule has 0 bridgehead atoms. The van der Waals surface area contributed by atoms with Crippen LogP contribution in [-0.4, -0.2) is 34.9 Å². The fourth-order valence-corrected chi connectivity index (χ4v) is 2.09. The van der Waals surface area contributed by atoms with Crippen molar-refractivity contribution in [3.8, 4) is 0 Å². The minimum absolute atomic E-state index is 0.00403. The molecule has 4 heteroatoms. The van der Waals surface area contributed by atoms with Crippen LogP contribution in [0.5, 0.6) is 0 Å². The number of aliphatic hydroxyl groups is 1. The van der Waals surface area contributed by atoms with Gasteiger partial charge in [-0.2, -0.15) is 0 Å². The number of carboxylic acid groups (broad SMARTS) is 1. The summed E-state index contributed by atoms with van der Waals surface area (Å²) in [6.45, 7) is 4.51. The maximum atomic E-state index is 10.8. The minimum Gasteiger partial charge on any atom is -0.481 e. The second kappa shape index (κ2) is 6.21. The van der Waals surface area contributed by atoms with E-state index in [4.69, 9.17) is 5.11 Å². The van der Waals surface area contributed by atoms with Gasteiger partial charge in [-0.1, -0.05) is 6.92 Å². The first-order valence-electron chi connectivity index (χ1n) is 6.15. The smallest absolute Gasteiger partial charge is 0.307 e. The van der Waals surface area contributed by atoms with Crippen molar-refractivity contribution >= 4 is 5.97 Å². The van der Waals surface area contributed by atoms with E-state index in [0.717, 1.165) is 32.2 Å². The van der Waals surface area contributed by atoms with E-state index in [-0.39, 0.29) is 18.1 Å². The van der Waals surface area contributed by atoms with E-state index in [1.807, 2.05) is 6.92 Å². The summed E-state index contributed by atoms with van der Waals surface area (Å²) >= 11 is 0. The normalized spacial score (nSPS) is 29.7. The third-order valence-electron chi connectivity index (χ3n) is 3.68. The molecule has 1 fully saturated rings. The molecule has 0 aliphatic heterocycles. The van der Waals surface area contributed by atoms with Crippen LogP contribution in [0.25, 0.3) is 0 Å². The van der Waals surface area contributed by atoms with Crippen molar-refractivity contribution in [2.24, 2.45) is 11.8 Å². The van der Waals surface area contributed by atoms with Crippen molar-refractivity contribution in [2.45, 2.75) is 51.7 Å². The van der Waals surface area contributed by atoms with Gasteiger partial charge in [-0.15, -0.1) is 0 Å². The Kier molecular flexibility index (Phi) is 5.22. The molecule has 1 rings (SSSR count). The standard InChI is InChI=1S/C12H23NO3/c1-8(12(15)16)9(2)13-7-10-3-5-11(14)6-4-10/h8-11,13-14H,3-7H2,1-2H3,(H,15,16). The van der Waals surface area contributed by atoms with Crippen molar-refractivity contribution < 1.29 is 15.0 Å². The topological polar surface area (TPSA) is 69.6 Å². The summed E-state index contributed by atoms with van der Waals surface area (Å²) in [4.78, 5) is 10.8. The maximum Gasteiger partial charge on any atom is 0.307 e. The Hall–Kier alpha value is -0.610. The molecule has 2 unspecified atom stereocenters. The summed E-state index contributed by atoms with van der Waals surface area (Å²) in [5.41, 5.74) is 0. The summed E-state index contributed by atoms with van der Waals surface area (Å²) in [5.74, 6) is -0.514. The number of hydrogen-bond acceptors (Lipinski definition) is 3. The lowest BCUT2D eigenvalue weighted by atomic mass is 9.87. The molecule has 0 heterocycles.